The minimum atomic E-state index is -5.01. The molecule has 0 aliphatic carbocycles. The molecule has 0 amide bonds. The van der Waals surface area contributed by atoms with Gasteiger partial charge in [-0.25, -0.2) is 9.13 Å². The highest BCUT2D eigenvalue weighted by molar-refractivity contribution is 7.86. The highest BCUT2D eigenvalue weighted by Crippen LogP contribution is 2.04. The Morgan fingerprint density at radius 1 is 1.43 bits per heavy atom. The van der Waals surface area contributed by atoms with Crippen LogP contribution in [0, 0.1) is 6.08 Å². The monoisotopic (exact) mass is 440 g/mol. The minimum Gasteiger partial charge on any atom is -0.334 e. The standard InChI is InChI=1S/C12H22N3.C2F2N3O2S.O2S/c1-2-3-7-14-8-9-15(11-14)10-12-5-4-6-13-12;3-1-5-2(7-6-1)10(4,8)9;1-3-2/h8-9,11-13H,2-7,10H2,1H3;;/q+1;-1;/t12-;;/m0../s1. The van der Waals surface area contributed by atoms with E-state index in [1.807, 2.05) is 0 Å². The zero-order chi connectivity index (χ0) is 21.0. The Kier molecular flexibility index (Phi) is 10.6. The van der Waals surface area contributed by atoms with E-state index in [-0.39, 0.29) is 0 Å². The van der Waals surface area contributed by atoms with Crippen LogP contribution in [0.2, 0.25) is 0 Å². The van der Waals surface area contributed by atoms with Crippen LogP contribution in [0.5, 0.6) is 0 Å². The SMILES string of the molecule is CCCCn1cc[n+](C[C@@H]2CCCN2)c1.O=S(=O)(F)c1nnc(F)[n-]1.O=S=O. The average molecular weight is 440 g/mol. The third-order valence-corrected chi connectivity index (χ3v) is 4.34. The molecule has 28 heavy (non-hydrogen) atoms. The van der Waals surface area contributed by atoms with Gasteiger partial charge in [0.15, 0.2) is 6.08 Å². The number of aromatic nitrogens is 5. The summed E-state index contributed by atoms with van der Waals surface area (Å²) in [5.74, 6) is 0. The Bertz CT molecular complexity index is 846. The Morgan fingerprint density at radius 2 is 2.14 bits per heavy atom. The Labute approximate surface area is 165 Å². The molecule has 1 fully saturated rings. The number of nitrogens with one attached hydrogen (secondary N) is 1. The molecule has 0 radical (unpaired) electrons. The van der Waals surface area contributed by atoms with Crippen LogP contribution in [-0.2, 0) is 34.9 Å². The van der Waals surface area contributed by atoms with Crippen LogP contribution in [0.15, 0.2) is 23.9 Å². The van der Waals surface area contributed by atoms with Crippen LogP contribution in [0.25, 0.3) is 0 Å². The van der Waals surface area contributed by atoms with Crippen LogP contribution in [0.1, 0.15) is 32.6 Å². The lowest BCUT2D eigenvalue weighted by Gasteiger charge is -2.05. The number of hydrogen-bond acceptors (Lipinski definition) is 7. The summed E-state index contributed by atoms with van der Waals surface area (Å²) >= 11 is -0.750. The fourth-order valence-electron chi connectivity index (χ4n) is 2.50. The molecule has 0 spiro atoms. The van der Waals surface area contributed by atoms with Gasteiger partial charge in [0.05, 0.1) is 6.54 Å². The second-order valence-corrected chi connectivity index (χ2v) is 7.24. The van der Waals surface area contributed by atoms with Crippen molar-refractivity contribution in [2.75, 3.05) is 6.54 Å². The van der Waals surface area contributed by atoms with Crippen molar-refractivity contribution in [3.05, 3.63) is 24.8 Å². The quantitative estimate of drug-likeness (QED) is 0.487. The molecular formula is C14H22F2N6O4S2. The van der Waals surface area contributed by atoms with E-state index in [0.717, 1.165) is 13.1 Å². The van der Waals surface area contributed by atoms with Crippen molar-refractivity contribution in [2.45, 2.75) is 56.9 Å². The lowest BCUT2D eigenvalue weighted by Crippen LogP contribution is -2.41. The molecule has 0 saturated carbocycles. The van der Waals surface area contributed by atoms with E-state index in [1.54, 1.807) is 0 Å². The number of imidazole rings is 1. The van der Waals surface area contributed by atoms with Crippen molar-refractivity contribution < 1.29 is 29.7 Å². The topological polar surface area (TPSA) is 129 Å². The van der Waals surface area contributed by atoms with Gasteiger partial charge >= 0.3 is 21.8 Å². The van der Waals surface area contributed by atoms with Gasteiger partial charge in [-0.1, -0.05) is 17.2 Å². The molecule has 3 rings (SSSR count). The van der Waals surface area contributed by atoms with E-state index in [2.05, 4.69) is 55.3 Å². The van der Waals surface area contributed by atoms with Crippen LogP contribution < -0.4 is 14.9 Å². The van der Waals surface area contributed by atoms with Crippen LogP contribution in [0.3, 0.4) is 0 Å². The molecule has 2 aromatic rings. The first kappa shape index (κ1) is 24.0. The fourth-order valence-corrected chi connectivity index (χ4v) is 2.82. The first-order valence-electron chi connectivity index (χ1n) is 8.47. The van der Waals surface area contributed by atoms with Gasteiger partial charge in [-0.05, 0) is 25.8 Å². The normalized spacial score (nSPS) is 15.9. The second-order valence-electron chi connectivity index (χ2n) is 5.86. The lowest BCUT2D eigenvalue weighted by atomic mass is 10.2. The number of halogens is 2. The molecule has 14 heteroatoms. The van der Waals surface area contributed by atoms with Crippen molar-refractivity contribution in [1.82, 2.24) is 25.1 Å². The molecule has 1 aliphatic heterocycles. The highest BCUT2D eigenvalue weighted by atomic mass is 32.3. The summed E-state index contributed by atoms with van der Waals surface area (Å²) in [6.45, 7) is 5.71. The molecule has 1 aliphatic rings. The van der Waals surface area contributed by atoms with Crippen LogP contribution in [-0.4, -0.2) is 44.2 Å². The number of hydrogen-bond donors (Lipinski definition) is 1. The van der Waals surface area contributed by atoms with Gasteiger partial charge in [0.2, 0.25) is 6.33 Å². The number of unbranched alkanes of at least 4 members (excludes halogenated alkanes) is 1. The van der Waals surface area contributed by atoms with Crippen molar-refractivity contribution >= 4 is 21.8 Å². The second kappa shape index (κ2) is 12.4. The van der Waals surface area contributed by atoms with E-state index < -0.39 is 33.0 Å². The van der Waals surface area contributed by atoms with E-state index >= 15 is 0 Å². The molecule has 0 unspecified atom stereocenters. The minimum absolute atomic E-state index is 0.692. The molecule has 2 aromatic heterocycles. The Morgan fingerprint density at radius 3 is 2.61 bits per heavy atom. The number of nitrogens with zero attached hydrogens (tertiary/aromatic N) is 5. The molecule has 3 heterocycles. The van der Waals surface area contributed by atoms with E-state index in [0.29, 0.717) is 6.04 Å². The van der Waals surface area contributed by atoms with Crippen molar-refractivity contribution in [1.29, 1.82) is 0 Å². The largest absolute Gasteiger partial charge is 0.337 e. The van der Waals surface area contributed by atoms with Gasteiger partial charge < -0.3 is 20.5 Å². The van der Waals surface area contributed by atoms with Gasteiger partial charge in [0.1, 0.15) is 24.1 Å². The van der Waals surface area contributed by atoms with Gasteiger partial charge in [0.25, 0.3) is 0 Å². The predicted molar refractivity (Wildman–Crippen MR) is 93.1 cm³/mol. The van der Waals surface area contributed by atoms with Crippen molar-refractivity contribution in [3.63, 3.8) is 0 Å². The van der Waals surface area contributed by atoms with Crippen molar-refractivity contribution in [2.24, 2.45) is 0 Å². The summed E-state index contributed by atoms with van der Waals surface area (Å²) in [5, 5.41) is 7.41. The molecular weight excluding hydrogens is 418 g/mol. The smallest absolute Gasteiger partial charge is 0.334 e. The van der Waals surface area contributed by atoms with Crippen LogP contribution >= 0.6 is 0 Å². The summed E-state index contributed by atoms with van der Waals surface area (Å²) in [7, 11) is -5.01. The maximum Gasteiger partial charge on any atom is 0.337 e. The average Bonchev–Trinajstić information content (AvgIpc) is 3.37. The van der Waals surface area contributed by atoms with Gasteiger partial charge in [-0.15, -0.1) is 0 Å². The number of rotatable bonds is 6. The molecule has 10 nitrogen and oxygen atoms in total. The van der Waals surface area contributed by atoms with Gasteiger partial charge in [0, 0.05) is 6.04 Å². The fraction of sp³-hybridized carbons (Fsp3) is 0.643. The summed E-state index contributed by atoms with van der Waals surface area (Å²) in [5.41, 5.74) is 0. The first-order chi connectivity index (χ1) is 13.3. The summed E-state index contributed by atoms with van der Waals surface area (Å²) in [4.78, 5) is 2.53. The third-order valence-electron chi connectivity index (χ3n) is 3.73. The molecule has 1 atom stereocenters. The maximum absolute atomic E-state index is 11.8. The molecule has 0 aromatic carbocycles. The molecule has 1 saturated heterocycles. The zero-order valence-electron chi connectivity index (χ0n) is 15.2. The summed E-state index contributed by atoms with van der Waals surface area (Å²) in [6, 6.07) is 0.692. The summed E-state index contributed by atoms with van der Waals surface area (Å²) in [6.07, 6.45) is 10.4. The first-order valence-corrected chi connectivity index (χ1v) is 10.5. The van der Waals surface area contributed by atoms with Gasteiger partial charge in [-0.2, -0.15) is 21.2 Å². The van der Waals surface area contributed by atoms with E-state index in [9.17, 15) is 16.7 Å². The Balaban J connectivity index is 0.000000261. The predicted octanol–water partition coefficient (Wildman–Crippen LogP) is -0.111. The summed E-state index contributed by atoms with van der Waals surface area (Å²) < 4.78 is 64.4. The van der Waals surface area contributed by atoms with Crippen LogP contribution in [0.4, 0.5) is 8.28 Å². The molecule has 158 valence electrons. The van der Waals surface area contributed by atoms with Crippen molar-refractivity contribution in [3.8, 4) is 0 Å². The number of aryl methyl sites for hydroxylation is 1. The van der Waals surface area contributed by atoms with Gasteiger partial charge in [-0.3, -0.25) is 0 Å². The molecule has 0 bridgehead atoms. The van der Waals surface area contributed by atoms with E-state index in [4.69, 9.17) is 8.42 Å². The zero-order valence-corrected chi connectivity index (χ0v) is 16.8. The van der Waals surface area contributed by atoms with E-state index in [1.165, 1.54) is 32.2 Å². The lowest BCUT2D eigenvalue weighted by molar-refractivity contribution is -0.698. The molecule has 1 N–H and O–H groups in total. The Hall–Kier alpha value is -2.06. The maximum atomic E-state index is 11.8. The third kappa shape index (κ3) is 9.23. The highest BCUT2D eigenvalue weighted by Gasteiger charge is 2.17.